The number of nitrogens with one attached hydrogen (secondary N) is 1. The number of aryl methyl sites for hydroxylation is 1. The van der Waals surface area contributed by atoms with Gasteiger partial charge in [-0.05, 0) is 37.3 Å². The van der Waals surface area contributed by atoms with Crippen LogP contribution in [0.2, 0.25) is 0 Å². The quantitative estimate of drug-likeness (QED) is 0.607. The first-order valence-electron chi connectivity index (χ1n) is 10.4. The largest absolute Gasteiger partial charge is 0.477 e. The number of ether oxygens (including phenoxy) is 1. The van der Waals surface area contributed by atoms with Gasteiger partial charge in [0.1, 0.15) is 11.6 Å². The van der Waals surface area contributed by atoms with Gasteiger partial charge in [0, 0.05) is 27.7 Å². The van der Waals surface area contributed by atoms with Gasteiger partial charge in [-0.25, -0.2) is 17.7 Å². The van der Waals surface area contributed by atoms with Crippen LogP contribution < -0.4 is 15.0 Å². The maximum Gasteiger partial charge on any atom is 0.262 e. The van der Waals surface area contributed by atoms with Crippen LogP contribution in [0.3, 0.4) is 0 Å². The van der Waals surface area contributed by atoms with Crippen molar-refractivity contribution in [3.63, 3.8) is 0 Å². The topological polar surface area (TPSA) is 96.8 Å². The van der Waals surface area contributed by atoms with E-state index in [-0.39, 0.29) is 10.8 Å². The van der Waals surface area contributed by atoms with Crippen LogP contribution in [-0.2, 0) is 27.9 Å². The minimum atomic E-state index is -3.55. The maximum absolute atomic E-state index is 12.6. The zero-order chi connectivity index (χ0) is 23.0. The fourth-order valence-corrected chi connectivity index (χ4v) is 4.85. The molecule has 1 atom stereocenters. The number of carbonyl (C=O) groups excluding carboxylic acids is 1. The predicted octanol–water partition coefficient (Wildman–Crippen LogP) is 1.82. The Bertz CT molecular complexity index is 1270. The summed E-state index contributed by atoms with van der Waals surface area (Å²) in [6, 6.07) is 12.6. The summed E-state index contributed by atoms with van der Waals surface area (Å²) in [5.74, 6) is 1.24. The lowest BCUT2D eigenvalue weighted by atomic mass is 10.1. The van der Waals surface area contributed by atoms with Crippen molar-refractivity contribution in [1.29, 1.82) is 0 Å². The Morgan fingerprint density at radius 3 is 2.69 bits per heavy atom. The van der Waals surface area contributed by atoms with E-state index in [0.29, 0.717) is 30.9 Å². The number of hydrogen-bond acceptors (Lipinski definition) is 6. The lowest BCUT2D eigenvalue weighted by molar-refractivity contribution is -0.127. The summed E-state index contributed by atoms with van der Waals surface area (Å²) in [7, 11) is 1.05. The highest BCUT2D eigenvalue weighted by atomic mass is 32.2. The summed E-state index contributed by atoms with van der Waals surface area (Å²) in [5.41, 5.74) is 2.37. The number of anilines is 1. The van der Waals surface area contributed by atoms with Crippen molar-refractivity contribution in [2.75, 3.05) is 32.6 Å². The number of aromatic nitrogens is 2. The van der Waals surface area contributed by atoms with Crippen molar-refractivity contribution >= 4 is 32.7 Å². The Hall–Kier alpha value is -3.11. The molecule has 0 saturated heterocycles. The first kappa shape index (κ1) is 22.1. The number of nitrogens with zero attached hydrogens (tertiary/aromatic N) is 4. The van der Waals surface area contributed by atoms with E-state index in [2.05, 4.69) is 14.8 Å². The Morgan fingerprint density at radius 2 is 2.00 bits per heavy atom. The SMILES string of the molecule is CCn1c(CN2C[C@H](C(=O)NC)Oc3ccccc32)nc2cc(S(=O)(=O)N(C)C)ccc21. The minimum Gasteiger partial charge on any atom is -0.477 e. The highest BCUT2D eigenvalue weighted by Gasteiger charge is 2.31. The second kappa shape index (κ2) is 8.44. The molecule has 1 aliphatic rings. The van der Waals surface area contributed by atoms with Gasteiger partial charge in [-0.1, -0.05) is 12.1 Å². The fourth-order valence-electron chi connectivity index (χ4n) is 3.93. The molecule has 0 fully saturated rings. The van der Waals surface area contributed by atoms with Crippen LogP contribution in [0.25, 0.3) is 11.0 Å². The van der Waals surface area contributed by atoms with Crippen LogP contribution >= 0.6 is 0 Å². The van der Waals surface area contributed by atoms with Crippen molar-refractivity contribution < 1.29 is 17.9 Å². The minimum absolute atomic E-state index is 0.188. The van der Waals surface area contributed by atoms with E-state index in [0.717, 1.165) is 17.0 Å². The molecule has 0 saturated carbocycles. The van der Waals surface area contributed by atoms with E-state index in [1.165, 1.54) is 18.4 Å². The number of para-hydroxylation sites is 2. The molecule has 1 aromatic heterocycles. The van der Waals surface area contributed by atoms with Gasteiger partial charge in [0.05, 0.1) is 34.7 Å². The summed E-state index contributed by atoms with van der Waals surface area (Å²) in [6.07, 6.45) is -0.633. The summed E-state index contributed by atoms with van der Waals surface area (Å²) < 4.78 is 34.2. The lowest BCUT2D eigenvalue weighted by Gasteiger charge is -2.35. The maximum atomic E-state index is 12.6. The van der Waals surface area contributed by atoms with Crippen molar-refractivity contribution in [3.8, 4) is 5.75 Å². The zero-order valence-electron chi connectivity index (χ0n) is 18.6. The molecule has 1 aliphatic heterocycles. The number of imidazole rings is 1. The van der Waals surface area contributed by atoms with Gasteiger partial charge in [-0.15, -0.1) is 0 Å². The van der Waals surface area contributed by atoms with Gasteiger partial charge in [0.15, 0.2) is 6.10 Å². The first-order valence-corrected chi connectivity index (χ1v) is 11.8. The van der Waals surface area contributed by atoms with Crippen molar-refractivity contribution in [2.24, 2.45) is 0 Å². The molecule has 10 heteroatoms. The molecule has 2 heterocycles. The van der Waals surface area contributed by atoms with E-state index in [4.69, 9.17) is 9.72 Å². The fraction of sp³-hybridized carbons (Fsp3) is 0.364. The van der Waals surface area contributed by atoms with Crippen LogP contribution in [0, 0.1) is 0 Å². The van der Waals surface area contributed by atoms with E-state index >= 15 is 0 Å². The van der Waals surface area contributed by atoms with Crippen molar-refractivity contribution in [3.05, 3.63) is 48.3 Å². The van der Waals surface area contributed by atoms with Gasteiger partial charge >= 0.3 is 0 Å². The number of hydrogen-bond donors (Lipinski definition) is 1. The zero-order valence-corrected chi connectivity index (χ0v) is 19.4. The molecule has 4 rings (SSSR count). The molecule has 0 radical (unpaired) electrons. The molecule has 0 bridgehead atoms. The van der Waals surface area contributed by atoms with Crippen LogP contribution in [0.1, 0.15) is 12.7 Å². The van der Waals surface area contributed by atoms with Crippen LogP contribution in [-0.4, -0.2) is 62.0 Å². The third-order valence-corrected chi connectivity index (χ3v) is 7.44. The number of likely N-dealkylation sites (N-methyl/N-ethyl adjacent to an activating group) is 1. The Morgan fingerprint density at radius 1 is 1.25 bits per heavy atom. The van der Waals surface area contributed by atoms with Crippen LogP contribution in [0.4, 0.5) is 5.69 Å². The number of fused-ring (bicyclic) bond motifs is 2. The van der Waals surface area contributed by atoms with Crippen LogP contribution in [0.15, 0.2) is 47.4 Å². The average Bonchev–Trinajstić information content (AvgIpc) is 3.14. The first-order chi connectivity index (χ1) is 15.3. The average molecular weight is 458 g/mol. The molecule has 32 heavy (non-hydrogen) atoms. The standard InChI is InChI=1S/C22H27N5O4S/c1-5-27-17-11-10-15(32(29,30)25(3)4)12-16(17)24-21(27)14-26-13-20(22(28)23-2)31-19-9-7-6-8-18(19)26/h6-12,20H,5,13-14H2,1-4H3,(H,23,28)/t20-/m1/s1. The summed E-state index contributed by atoms with van der Waals surface area (Å²) in [6.45, 7) is 3.53. The Kier molecular flexibility index (Phi) is 5.83. The molecular formula is C22H27N5O4S. The van der Waals surface area contributed by atoms with Gasteiger partial charge in [-0.3, -0.25) is 4.79 Å². The van der Waals surface area contributed by atoms with Crippen LogP contribution in [0.5, 0.6) is 5.75 Å². The van der Waals surface area contributed by atoms with E-state index in [1.807, 2.05) is 31.2 Å². The van der Waals surface area contributed by atoms with Gasteiger partial charge in [0.25, 0.3) is 5.91 Å². The Labute approximate surface area is 187 Å². The molecular weight excluding hydrogens is 430 g/mol. The number of carbonyl (C=O) groups is 1. The molecule has 1 N–H and O–H groups in total. The monoisotopic (exact) mass is 457 g/mol. The molecule has 1 amide bonds. The molecule has 2 aromatic carbocycles. The number of rotatable bonds is 6. The molecule has 9 nitrogen and oxygen atoms in total. The molecule has 0 spiro atoms. The Balaban J connectivity index is 1.74. The second-order valence-corrected chi connectivity index (χ2v) is 9.93. The summed E-state index contributed by atoms with van der Waals surface area (Å²) in [4.78, 5) is 19.3. The normalized spacial score (nSPS) is 16.2. The third-order valence-electron chi connectivity index (χ3n) is 5.63. The number of sulfonamides is 1. The molecule has 170 valence electrons. The van der Waals surface area contributed by atoms with Crippen molar-refractivity contribution in [2.45, 2.75) is 31.0 Å². The molecule has 0 unspecified atom stereocenters. The van der Waals surface area contributed by atoms with Crippen molar-refractivity contribution in [1.82, 2.24) is 19.2 Å². The number of benzene rings is 2. The number of amides is 1. The predicted molar refractivity (Wildman–Crippen MR) is 122 cm³/mol. The molecule has 0 aliphatic carbocycles. The second-order valence-electron chi connectivity index (χ2n) is 7.78. The van der Waals surface area contributed by atoms with E-state index in [1.54, 1.807) is 25.2 Å². The lowest BCUT2D eigenvalue weighted by Crippen LogP contribution is -2.48. The smallest absolute Gasteiger partial charge is 0.262 e. The van der Waals surface area contributed by atoms with Gasteiger partial charge in [-0.2, -0.15) is 0 Å². The summed E-state index contributed by atoms with van der Waals surface area (Å²) >= 11 is 0. The highest BCUT2D eigenvalue weighted by Crippen LogP contribution is 2.34. The van der Waals surface area contributed by atoms with E-state index < -0.39 is 16.1 Å². The molecule has 3 aromatic rings. The van der Waals surface area contributed by atoms with Gasteiger partial charge < -0.3 is 19.5 Å². The third kappa shape index (κ3) is 3.80. The highest BCUT2D eigenvalue weighted by molar-refractivity contribution is 7.89. The van der Waals surface area contributed by atoms with E-state index in [9.17, 15) is 13.2 Å². The van der Waals surface area contributed by atoms with Gasteiger partial charge in [0.2, 0.25) is 10.0 Å². The summed E-state index contributed by atoms with van der Waals surface area (Å²) in [5, 5.41) is 2.65.